The molecule has 1 aliphatic heterocycles. The highest BCUT2D eigenvalue weighted by atomic mass is 79.9. The maximum Gasteiger partial charge on any atom is 0.0233 e. The molecule has 0 aliphatic carbocycles. The molecule has 2 nitrogen and oxygen atoms in total. The van der Waals surface area contributed by atoms with Crippen LogP contribution in [0.3, 0.4) is 0 Å². The van der Waals surface area contributed by atoms with Crippen LogP contribution < -0.4 is 5.32 Å². The summed E-state index contributed by atoms with van der Waals surface area (Å²) in [4.78, 5) is 2.59. The van der Waals surface area contributed by atoms with Gasteiger partial charge in [-0.05, 0) is 69.9 Å². The molecule has 0 aromatic heterocycles. The highest BCUT2D eigenvalue weighted by Crippen LogP contribution is 2.23. The van der Waals surface area contributed by atoms with Gasteiger partial charge in [0.1, 0.15) is 0 Å². The Hall–Kier alpha value is -0.380. The van der Waals surface area contributed by atoms with Crippen molar-refractivity contribution in [1.29, 1.82) is 0 Å². The molecule has 1 N–H and O–H groups in total. The Morgan fingerprint density at radius 2 is 1.89 bits per heavy atom. The zero-order valence-corrected chi connectivity index (χ0v) is 13.6. The number of hydrogen-bond acceptors (Lipinski definition) is 2. The topological polar surface area (TPSA) is 15.3 Å². The zero-order valence-electron chi connectivity index (χ0n) is 12.0. The first-order chi connectivity index (χ1) is 9.17. The van der Waals surface area contributed by atoms with E-state index in [2.05, 4.69) is 64.4 Å². The summed E-state index contributed by atoms with van der Waals surface area (Å²) in [5, 5.41) is 3.35. The fraction of sp³-hybridized carbons (Fsp3) is 0.625. The molecular weight excluding hydrogens is 300 g/mol. The molecule has 0 amide bonds. The maximum atomic E-state index is 3.49. The molecule has 106 valence electrons. The number of hydrogen-bond donors (Lipinski definition) is 1. The predicted molar refractivity (Wildman–Crippen MR) is 85.3 cm³/mol. The molecule has 0 bridgehead atoms. The van der Waals surface area contributed by atoms with Gasteiger partial charge in [0.2, 0.25) is 0 Å². The second kappa shape index (κ2) is 7.41. The Balaban J connectivity index is 1.75. The van der Waals surface area contributed by atoms with Gasteiger partial charge in [-0.25, -0.2) is 0 Å². The van der Waals surface area contributed by atoms with Crippen LogP contribution in [0.2, 0.25) is 0 Å². The van der Waals surface area contributed by atoms with E-state index >= 15 is 0 Å². The number of nitrogens with one attached hydrogen (secondary N) is 1. The number of benzene rings is 1. The van der Waals surface area contributed by atoms with E-state index in [4.69, 9.17) is 0 Å². The van der Waals surface area contributed by atoms with Crippen molar-refractivity contribution >= 4 is 15.9 Å². The first-order valence-electron chi connectivity index (χ1n) is 7.31. The second-order valence-electron chi connectivity index (χ2n) is 5.77. The summed E-state index contributed by atoms with van der Waals surface area (Å²) in [6, 6.07) is 9.37. The lowest BCUT2D eigenvalue weighted by atomic mass is 9.90. The van der Waals surface area contributed by atoms with E-state index in [0.29, 0.717) is 6.04 Å². The molecule has 1 atom stereocenters. The molecule has 0 spiro atoms. The van der Waals surface area contributed by atoms with Crippen LogP contribution >= 0.6 is 15.9 Å². The van der Waals surface area contributed by atoms with Crippen LogP contribution in [0.5, 0.6) is 0 Å². The van der Waals surface area contributed by atoms with E-state index in [-0.39, 0.29) is 0 Å². The smallest absolute Gasteiger partial charge is 0.0233 e. The zero-order chi connectivity index (χ0) is 13.7. The van der Waals surface area contributed by atoms with E-state index in [9.17, 15) is 0 Å². The molecule has 1 aliphatic rings. The molecule has 1 aromatic carbocycles. The quantitative estimate of drug-likeness (QED) is 0.889. The highest BCUT2D eigenvalue weighted by Gasteiger charge is 2.20. The van der Waals surface area contributed by atoms with Crippen LogP contribution in [-0.4, -0.2) is 31.1 Å². The number of likely N-dealkylation sites (tertiary alicyclic amines) is 1. The van der Waals surface area contributed by atoms with Crippen molar-refractivity contribution in [1.82, 2.24) is 10.2 Å². The normalized spacial score (nSPS) is 19.5. The molecule has 0 radical (unpaired) electrons. The summed E-state index contributed by atoms with van der Waals surface area (Å²) >= 11 is 3.49. The van der Waals surface area contributed by atoms with Crippen molar-refractivity contribution in [2.45, 2.75) is 38.8 Å². The average Bonchev–Trinajstić information content (AvgIpc) is 2.43. The van der Waals surface area contributed by atoms with E-state index in [1.807, 2.05) is 0 Å². The molecule has 3 heteroatoms. The van der Waals surface area contributed by atoms with Crippen LogP contribution in [0.4, 0.5) is 0 Å². The fourth-order valence-electron chi connectivity index (χ4n) is 2.85. The van der Waals surface area contributed by atoms with E-state index in [1.54, 1.807) is 0 Å². The Kier molecular flexibility index (Phi) is 5.86. The van der Waals surface area contributed by atoms with Gasteiger partial charge < -0.3 is 5.32 Å². The van der Waals surface area contributed by atoms with Crippen molar-refractivity contribution in [3.05, 3.63) is 34.3 Å². The first kappa shape index (κ1) is 15.0. The van der Waals surface area contributed by atoms with Gasteiger partial charge in [-0.2, -0.15) is 0 Å². The summed E-state index contributed by atoms with van der Waals surface area (Å²) in [5.74, 6) is 0.906. The Morgan fingerprint density at radius 3 is 2.47 bits per heavy atom. The summed E-state index contributed by atoms with van der Waals surface area (Å²) in [5.41, 5.74) is 1.42. The van der Waals surface area contributed by atoms with Gasteiger partial charge in [0.25, 0.3) is 0 Å². The lowest BCUT2D eigenvalue weighted by Gasteiger charge is -2.33. The summed E-state index contributed by atoms with van der Waals surface area (Å²) in [7, 11) is 2.06. The Morgan fingerprint density at radius 1 is 1.26 bits per heavy atom. The SMILES string of the molecule is CNC(C)CC1CCN(Cc2ccc(Br)cc2)CC1. The van der Waals surface area contributed by atoms with Gasteiger partial charge >= 0.3 is 0 Å². The summed E-state index contributed by atoms with van der Waals surface area (Å²) in [6.07, 6.45) is 4.02. The average molecular weight is 325 g/mol. The van der Waals surface area contributed by atoms with E-state index < -0.39 is 0 Å². The Bertz CT molecular complexity index is 369. The minimum absolute atomic E-state index is 0.656. The summed E-state index contributed by atoms with van der Waals surface area (Å²) < 4.78 is 1.16. The largest absolute Gasteiger partial charge is 0.317 e. The van der Waals surface area contributed by atoms with Gasteiger partial charge in [-0.3, -0.25) is 4.90 Å². The van der Waals surface area contributed by atoms with E-state index in [1.165, 1.54) is 37.9 Å². The fourth-order valence-corrected chi connectivity index (χ4v) is 3.11. The molecular formula is C16H25BrN2. The van der Waals surface area contributed by atoms with Gasteiger partial charge in [-0.15, -0.1) is 0 Å². The highest BCUT2D eigenvalue weighted by molar-refractivity contribution is 9.10. The van der Waals surface area contributed by atoms with Gasteiger partial charge in [0.15, 0.2) is 0 Å². The molecule has 1 aromatic rings. The number of piperidine rings is 1. The van der Waals surface area contributed by atoms with Crippen LogP contribution in [0.25, 0.3) is 0 Å². The molecule has 1 unspecified atom stereocenters. The van der Waals surface area contributed by atoms with Crippen molar-refractivity contribution in [2.24, 2.45) is 5.92 Å². The van der Waals surface area contributed by atoms with Crippen LogP contribution in [0.1, 0.15) is 31.7 Å². The van der Waals surface area contributed by atoms with Gasteiger partial charge in [-0.1, -0.05) is 28.1 Å². The maximum absolute atomic E-state index is 3.49. The van der Waals surface area contributed by atoms with Gasteiger partial charge in [0.05, 0.1) is 0 Å². The predicted octanol–water partition coefficient (Wildman–Crippen LogP) is 3.66. The third-order valence-electron chi connectivity index (χ3n) is 4.21. The third-order valence-corrected chi connectivity index (χ3v) is 4.73. The number of rotatable bonds is 5. The monoisotopic (exact) mass is 324 g/mol. The lowest BCUT2D eigenvalue weighted by molar-refractivity contribution is 0.166. The van der Waals surface area contributed by atoms with Crippen LogP contribution in [-0.2, 0) is 6.54 Å². The molecule has 19 heavy (non-hydrogen) atoms. The van der Waals surface area contributed by atoms with E-state index in [0.717, 1.165) is 16.9 Å². The minimum atomic E-state index is 0.656. The summed E-state index contributed by atoms with van der Waals surface area (Å²) in [6.45, 7) is 5.88. The van der Waals surface area contributed by atoms with Crippen molar-refractivity contribution in [2.75, 3.05) is 20.1 Å². The number of halogens is 1. The van der Waals surface area contributed by atoms with Crippen molar-refractivity contribution in [3.8, 4) is 0 Å². The third kappa shape index (κ3) is 4.90. The minimum Gasteiger partial charge on any atom is -0.317 e. The standard InChI is InChI=1S/C16H25BrN2/c1-13(18-2)11-14-7-9-19(10-8-14)12-15-3-5-16(17)6-4-15/h3-6,13-14,18H,7-12H2,1-2H3. The van der Waals surface area contributed by atoms with Gasteiger partial charge in [0, 0.05) is 17.1 Å². The molecule has 1 heterocycles. The molecule has 1 saturated heterocycles. The van der Waals surface area contributed by atoms with Crippen LogP contribution in [0, 0.1) is 5.92 Å². The second-order valence-corrected chi connectivity index (χ2v) is 6.69. The van der Waals surface area contributed by atoms with Crippen molar-refractivity contribution < 1.29 is 0 Å². The first-order valence-corrected chi connectivity index (χ1v) is 8.10. The molecule has 0 saturated carbocycles. The Labute approximate surface area is 125 Å². The lowest BCUT2D eigenvalue weighted by Crippen LogP contribution is -2.35. The molecule has 2 rings (SSSR count). The van der Waals surface area contributed by atoms with Crippen molar-refractivity contribution in [3.63, 3.8) is 0 Å². The molecule has 1 fully saturated rings. The number of nitrogens with zero attached hydrogens (tertiary/aromatic N) is 1. The van der Waals surface area contributed by atoms with Crippen LogP contribution in [0.15, 0.2) is 28.7 Å².